The highest BCUT2D eigenvalue weighted by atomic mass is 32.2. The number of nitrogens with zero attached hydrogens (tertiary/aromatic N) is 3. The molecule has 0 N–H and O–H groups in total. The molecule has 1 atom stereocenters. The summed E-state index contributed by atoms with van der Waals surface area (Å²) < 4.78 is 49.3. The van der Waals surface area contributed by atoms with E-state index in [1.54, 1.807) is 48.7 Å². The largest absolute Gasteiger partial charge is 0.457 e. The van der Waals surface area contributed by atoms with E-state index >= 15 is 0 Å². The average molecular weight is 492 g/mol. The van der Waals surface area contributed by atoms with E-state index in [9.17, 15) is 12.8 Å². The van der Waals surface area contributed by atoms with Gasteiger partial charge in [0.2, 0.25) is 0 Å². The monoisotopic (exact) mass is 491 g/mol. The van der Waals surface area contributed by atoms with E-state index < -0.39 is 15.7 Å². The molecule has 178 valence electrons. The molecule has 0 spiro atoms. The van der Waals surface area contributed by atoms with Crippen molar-refractivity contribution in [3.63, 3.8) is 0 Å². The zero-order chi connectivity index (χ0) is 24.8. The van der Waals surface area contributed by atoms with Gasteiger partial charge in [-0.25, -0.2) is 12.8 Å². The summed E-state index contributed by atoms with van der Waals surface area (Å²) in [6.45, 7) is 1.86. The van der Waals surface area contributed by atoms with Crippen LogP contribution in [0.25, 0.3) is 0 Å². The van der Waals surface area contributed by atoms with Crippen LogP contribution in [0.4, 0.5) is 10.1 Å². The molecular weight excluding hydrogens is 469 g/mol. The number of benzene rings is 3. The van der Waals surface area contributed by atoms with E-state index in [1.165, 1.54) is 24.3 Å². The Morgan fingerprint density at radius 3 is 2.26 bits per heavy atom. The summed E-state index contributed by atoms with van der Waals surface area (Å²) in [6.07, 6.45) is 2.82. The van der Waals surface area contributed by atoms with Crippen LogP contribution in [0, 0.1) is 5.82 Å². The summed E-state index contributed by atoms with van der Waals surface area (Å²) in [5.41, 5.74) is 1.13. The van der Waals surface area contributed by atoms with Crippen molar-refractivity contribution < 1.29 is 22.3 Å². The first-order valence-electron chi connectivity index (χ1n) is 10.7. The standard InChI is InChI=1S/C26H22FN3O4S/c1-18(23-8-5-6-16-28-23)29-30-24-15-12-20(17-26(24)34-25-9-4-3-7-22(25)27)33-19-10-13-21(14-11-19)35(2,31)32/h3-18H,1-2H3. The quantitative estimate of drug-likeness (QED) is 0.246. The Hall–Kier alpha value is -4.11. The van der Waals surface area contributed by atoms with Gasteiger partial charge in [0.05, 0.1) is 10.6 Å². The smallest absolute Gasteiger partial charge is 0.175 e. The molecule has 0 bridgehead atoms. The van der Waals surface area contributed by atoms with E-state index in [1.807, 2.05) is 25.1 Å². The lowest BCUT2D eigenvalue weighted by atomic mass is 10.2. The summed E-state index contributed by atoms with van der Waals surface area (Å²) >= 11 is 0. The normalized spacial score (nSPS) is 12.4. The molecule has 35 heavy (non-hydrogen) atoms. The Balaban J connectivity index is 1.63. The molecule has 0 aliphatic heterocycles. The summed E-state index contributed by atoms with van der Waals surface area (Å²) in [4.78, 5) is 4.47. The van der Waals surface area contributed by atoms with Crippen LogP contribution in [-0.2, 0) is 9.84 Å². The van der Waals surface area contributed by atoms with Gasteiger partial charge in [0.15, 0.2) is 27.2 Å². The third-order valence-corrected chi connectivity index (χ3v) is 6.06. The zero-order valence-electron chi connectivity index (χ0n) is 19.0. The van der Waals surface area contributed by atoms with Crippen molar-refractivity contribution in [2.45, 2.75) is 17.9 Å². The Kier molecular flexibility index (Phi) is 7.17. The fraction of sp³-hybridized carbons (Fsp3) is 0.115. The molecule has 0 aliphatic rings. The minimum atomic E-state index is -3.32. The lowest BCUT2D eigenvalue weighted by molar-refractivity contribution is 0.435. The number of hydrogen-bond donors (Lipinski definition) is 0. The van der Waals surface area contributed by atoms with Crippen LogP contribution in [-0.4, -0.2) is 19.7 Å². The number of pyridine rings is 1. The number of para-hydroxylation sites is 1. The lowest BCUT2D eigenvalue weighted by Crippen LogP contribution is -1.96. The maximum atomic E-state index is 14.3. The summed E-state index contributed by atoms with van der Waals surface area (Å²) in [5, 5.41) is 8.64. The molecule has 1 aromatic heterocycles. The fourth-order valence-electron chi connectivity index (χ4n) is 3.09. The number of halogens is 1. The van der Waals surface area contributed by atoms with Gasteiger partial charge in [-0.1, -0.05) is 18.2 Å². The van der Waals surface area contributed by atoms with E-state index in [0.717, 1.165) is 11.9 Å². The van der Waals surface area contributed by atoms with Crippen molar-refractivity contribution in [3.8, 4) is 23.0 Å². The molecule has 4 rings (SSSR count). The van der Waals surface area contributed by atoms with Crippen molar-refractivity contribution in [2.75, 3.05) is 6.26 Å². The number of aromatic nitrogens is 1. The number of ether oxygens (including phenoxy) is 2. The van der Waals surface area contributed by atoms with E-state index in [4.69, 9.17) is 9.47 Å². The van der Waals surface area contributed by atoms with E-state index in [0.29, 0.717) is 17.2 Å². The van der Waals surface area contributed by atoms with Crippen molar-refractivity contribution in [2.24, 2.45) is 10.2 Å². The highest BCUT2D eigenvalue weighted by molar-refractivity contribution is 7.90. The van der Waals surface area contributed by atoms with E-state index in [-0.39, 0.29) is 22.4 Å². The zero-order valence-corrected chi connectivity index (χ0v) is 19.8. The van der Waals surface area contributed by atoms with Crippen LogP contribution in [0.15, 0.2) is 106 Å². The maximum Gasteiger partial charge on any atom is 0.175 e. The molecule has 0 saturated carbocycles. The molecule has 1 unspecified atom stereocenters. The Morgan fingerprint density at radius 1 is 0.857 bits per heavy atom. The van der Waals surface area contributed by atoms with Crippen molar-refractivity contribution in [1.82, 2.24) is 4.98 Å². The maximum absolute atomic E-state index is 14.3. The Morgan fingerprint density at radius 2 is 1.57 bits per heavy atom. The predicted octanol–water partition coefficient (Wildman–Crippen LogP) is 7.05. The molecule has 0 radical (unpaired) electrons. The van der Waals surface area contributed by atoms with Gasteiger partial charge in [-0.2, -0.15) is 10.2 Å². The molecule has 4 aromatic rings. The summed E-state index contributed by atoms with van der Waals surface area (Å²) in [6, 6.07) is 22.2. The predicted molar refractivity (Wildman–Crippen MR) is 130 cm³/mol. The third-order valence-electron chi connectivity index (χ3n) is 4.93. The lowest BCUT2D eigenvalue weighted by Gasteiger charge is -2.12. The number of sulfone groups is 1. The molecule has 7 nitrogen and oxygen atoms in total. The fourth-order valence-corrected chi connectivity index (χ4v) is 3.72. The topological polar surface area (TPSA) is 90.2 Å². The van der Waals surface area contributed by atoms with Gasteiger partial charge in [0, 0.05) is 18.5 Å². The van der Waals surface area contributed by atoms with Gasteiger partial charge >= 0.3 is 0 Å². The highest BCUT2D eigenvalue weighted by Gasteiger charge is 2.13. The van der Waals surface area contributed by atoms with Gasteiger partial charge < -0.3 is 9.47 Å². The van der Waals surface area contributed by atoms with Crippen LogP contribution in [0.3, 0.4) is 0 Å². The second-order valence-electron chi connectivity index (χ2n) is 7.65. The Labute approximate surface area is 202 Å². The Bertz CT molecular complexity index is 1440. The van der Waals surface area contributed by atoms with Gasteiger partial charge in [0.25, 0.3) is 0 Å². The molecule has 3 aromatic carbocycles. The SMILES string of the molecule is CC(N=Nc1ccc(Oc2ccc(S(C)(=O)=O)cc2)cc1Oc1ccccc1F)c1ccccn1. The first-order valence-corrected chi connectivity index (χ1v) is 12.5. The number of azo groups is 1. The molecule has 0 fully saturated rings. The van der Waals surface area contributed by atoms with Crippen molar-refractivity contribution in [1.29, 1.82) is 0 Å². The average Bonchev–Trinajstić information content (AvgIpc) is 2.85. The highest BCUT2D eigenvalue weighted by Crippen LogP contribution is 2.38. The number of hydrogen-bond acceptors (Lipinski definition) is 7. The minimum Gasteiger partial charge on any atom is -0.457 e. The van der Waals surface area contributed by atoms with Crippen LogP contribution < -0.4 is 9.47 Å². The molecule has 1 heterocycles. The first kappa shape index (κ1) is 24.0. The molecule has 0 saturated heterocycles. The van der Waals surface area contributed by atoms with Crippen LogP contribution in [0.5, 0.6) is 23.0 Å². The van der Waals surface area contributed by atoms with Gasteiger partial charge in [-0.05, 0) is 67.6 Å². The van der Waals surface area contributed by atoms with Crippen LogP contribution >= 0.6 is 0 Å². The van der Waals surface area contributed by atoms with Gasteiger partial charge in [-0.3, -0.25) is 4.98 Å². The second kappa shape index (κ2) is 10.4. The summed E-state index contributed by atoms with van der Waals surface area (Å²) in [5.74, 6) is 0.543. The van der Waals surface area contributed by atoms with Gasteiger partial charge in [-0.15, -0.1) is 0 Å². The summed E-state index contributed by atoms with van der Waals surface area (Å²) in [7, 11) is -3.32. The molecule has 0 amide bonds. The van der Waals surface area contributed by atoms with Crippen molar-refractivity contribution >= 4 is 15.5 Å². The second-order valence-corrected chi connectivity index (χ2v) is 9.67. The van der Waals surface area contributed by atoms with Crippen LogP contribution in [0.1, 0.15) is 18.7 Å². The first-order chi connectivity index (χ1) is 16.8. The molecular formula is C26H22FN3O4S. The van der Waals surface area contributed by atoms with Gasteiger partial charge in [0.1, 0.15) is 23.2 Å². The number of rotatable bonds is 8. The third kappa shape index (κ3) is 6.27. The minimum absolute atomic E-state index is 0.0244. The van der Waals surface area contributed by atoms with Crippen LogP contribution in [0.2, 0.25) is 0 Å². The van der Waals surface area contributed by atoms with E-state index in [2.05, 4.69) is 15.2 Å². The van der Waals surface area contributed by atoms with Crippen molar-refractivity contribution in [3.05, 3.63) is 103 Å². The molecule has 9 heteroatoms. The molecule has 0 aliphatic carbocycles.